The molecule has 0 N–H and O–H groups in total. The van der Waals surface area contributed by atoms with E-state index in [2.05, 4.69) is 34.6 Å². The fourth-order valence-corrected chi connectivity index (χ4v) is 7.76. The second-order valence-corrected chi connectivity index (χ2v) is 12.0. The van der Waals surface area contributed by atoms with Crippen LogP contribution in [0.15, 0.2) is 23.0 Å². The monoisotopic (exact) mass is 396 g/mol. The normalized spacial score (nSPS) is 44.7. The SMILES string of the molecule is CC(C)(C)B1OC/C(=C2/CC[C@H]3[C@@H]4CCC5=CC(=O)CC[C@]5(C)[C@H]4CC[C@]23C)O1. The topological polar surface area (TPSA) is 35.5 Å². The van der Waals surface area contributed by atoms with Crippen LogP contribution in [0.4, 0.5) is 0 Å². The Morgan fingerprint density at radius 2 is 1.76 bits per heavy atom. The van der Waals surface area contributed by atoms with E-state index in [1.54, 1.807) is 5.57 Å². The van der Waals surface area contributed by atoms with E-state index in [1.807, 2.05) is 6.08 Å². The molecule has 4 heteroatoms. The van der Waals surface area contributed by atoms with Gasteiger partial charge in [-0.2, -0.15) is 0 Å². The van der Waals surface area contributed by atoms with Crippen LogP contribution in [-0.4, -0.2) is 19.5 Å². The molecular formula is C25H37BO3. The Balaban J connectivity index is 1.43. The first-order valence-electron chi connectivity index (χ1n) is 11.9. The Kier molecular flexibility index (Phi) is 4.45. The third-order valence-corrected chi connectivity index (χ3v) is 9.41. The number of ketones is 1. The van der Waals surface area contributed by atoms with Crippen LogP contribution >= 0.6 is 0 Å². The Bertz CT molecular complexity index is 790. The summed E-state index contributed by atoms with van der Waals surface area (Å²) in [7, 11) is -0.120. The Morgan fingerprint density at radius 1 is 1.00 bits per heavy atom. The van der Waals surface area contributed by atoms with E-state index in [4.69, 9.17) is 9.31 Å². The lowest BCUT2D eigenvalue weighted by Crippen LogP contribution is -2.49. The predicted octanol–water partition coefficient (Wildman–Crippen LogP) is 6.11. The average Bonchev–Trinajstić information content (AvgIpc) is 3.26. The molecule has 1 aliphatic heterocycles. The van der Waals surface area contributed by atoms with Crippen molar-refractivity contribution in [2.75, 3.05) is 6.61 Å². The smallest absolute Gasteiger partial charge is 0.531 e. The third-order valence-electron chi connectivity index (χ3n) is 9.41. The zero-order chi connectivity index (χ0) is 20.6. The fourth-order valence-electron chi connectivity index (χ4n) is 7.76. The molecule has 5 rings (SSSR count). The summed E-state index contributed by atoms with van der Waals surface area (Å²) in [5.74, 6) is 3.82. The lowest BCUT2D eigenvalue weighted by atomic mass is 9.47. The van der Waals surface area contributed by atoms with Crippen molar-refractivity contribution >= 4 is 12.9 Å². The number of fused-ring (bicyclic) bond motifs is 5. The van der Waals surface area contributed by atoms with E-state index in [0.717, 1.165) is 42.8 Å². The number of hydrogen-bond donors (Lipinski definition) is 0. The first kappa shape index (κ1) is 19.9. The van der Waals surface area contributed by atoms with Crippen LogP contribution < -0.4 is 0 Å². The second kappa shape index (κ2) is 6.49. The van der Waals surface area contributed by atoms with Crippen molar-refractivity contribution in [1.82, 2.24) is 0 Å². The van der Waals surface area contributed by atoms with Crippen LogP contribution in [0.5, 0.6) is 0 Å². The molecule has 1 saturated heterocycles. The molecule has 0 aromatic carbocycles. The van der Waals surface area contributed by atoms with Gasteiger partial charge in [0.25, 0.3) is 0 Å². The average molecular weight is 396 g/mol. The van der Waals surface area contributed by atoms with Gasteiger partial charge in [0.15, 0.2) is 5.78 Å². The highest BCUT2D eigenvalue weighted by Crippen LogP contribution is 2.67. The molecule has 3 nitrogen and oxygen atoms in total. The quantitative estimate of drug-likeness (QED) is 0.464. The van der Waals surface area contributed by atoms with Crippen LogP contribution in [0.1, 0.15) is 86.0 Å². The van der Waals surface area contributed by atoms with Crippen molar-refractivity contribution < 1.29 is 14.1 Å². The van der Waals surface area contributed by atoms with Gasteiger partial charge in [0.2, 0.25) is 0 Å². The van der Waals surface area contributed by atoms with E-state index in [1.165, 1.54) is 37.7 Å². The van der Waals surface area contributed by atoms with Gasteiger partial charge in [-0.15, -0.1) is 0 Å². The van der Waals surface area contributed by atoms with Gasteiger partial charge >= 0.3 is 7.12 Å². The largest absolute Gasteiger partial charge is 0.537 e. The van der Waals surface area contributed by atoms with E-state index in [-0.39, 0.29) is 23.3 Å². The van der Waals surface area contributed by atoms with Crippen LogP contribution in [0.3, 0.4) is 0 Å². The van der Waals surface area contributed by atoms with Gasteiger partial charge in [-0.1, -0.05) is 40.2 Å². The maximum absolute atomic E-state index is 12.0. The minimum atomic E-state index is -0.120. The van der Waals surface area contributed by atoms with Crippen molar-refractivity contribution in [3.63, 3.8) is 0 Å². The number of rotatable bonds is 0. The standard InChI is InChI=1S/C25H37BO3/c1-23(2,3)26-28-15-22(29-26)21-9-8-19-18-7-6-16-14-17(27)10-12-24(16,4)20(18)11-13-25(19,21)5/h14,18-20H,6-13,15H2,1-5H3/b22-21+/t18-,19-,20-,24-,25-/m0/s1. The summed E-state index contributed by atoms with van der Waals surface area (Å²) in [4.78, 5) is 12.0. The van der Waals surface area contributed by atoms with Gasteiger partial charge in [-0.05, 0) is 85.2 Å². The fraction of sp³-hybridized carbons (Fsp3) is 0.800. The lowest BCUT2D eigenvalue weighted by molar-refractivity contribution is -0.117. The first-order valence-corrected chi connectivity index (χ1v) is 11.9. The Labute approximate surface area is 176 Å². The molecule has 0 aromatic heterocycles. The van der Waals surface area contributed by atoms with Crippen molar-refractivity contribution in [3.05, 3.63) is 23.0 Å². The summed E-state index contributed by atoms with van der Waals surface area (Å²) in [6.45, 7) is 12.2. The minimum Gasteiger partial charge on any atom is -0.537 e. The van der Waals surface area contributed by atoms with Crippen LogP contribution in [0, 0.1) is 28.6 Å². The molecule has 0 aromatic rings. The van der Waals surface area contributed by atoms with E-state index >= 15 is 0 Å². The van der Waals surface area contributed by atoms with E-state index < -0.39 is 0 Å². The van der Waals surface area contributed by atoms with E-state index in [9.17, 15) is 4.79 Å². The van der Waals surface area contributed by atoms with E-state index in [0.29, 0.717) is 12.4 Å². The number of carbonyl (C=O) groups excluding carboxylic acids is 1. The summed E-state index contributed by atoms with van der Waals surface area (Å²) < 4.78 is 12.4. The Morgan fingerprint density at radius 3 is 2.48 bits per heavy atom. The molecule has 5 aliphatic rings. The maximum atomic E-state index is 12.0. The number of allylic oxidation sites excluding steroid dienone is 2. The molecule has 1 heterocycles. The van der Waals surface area contributed by atoms with Crippen molar-refractivity contribution in [3.8, 4) is 0 Å². The van der Waals surface area contributed by atoms with Crippen LogP contribution in [0.25, 0.3) is 0 Å². The summed E-state index contributed by atoms with van der Waals surface area (Å²) in [5.41, 5.74) is 3.57. The van der Waals surface area contributed by atoms with Gasteiger partial charge in [0.1, 0.15) is 5.76 Å². The molecule has 5 atom stereocenters. The van der Waals surface area contributed by atoms with Gasteiger partial charge in [0.05, 0.1) is 6.61 Å². The van der Waals surface area contributed by atoms with Crippen molar-refractivity contribution in [2.24, 2.45) is 28.6 Å². The van der Waals surface area contributed by atoms with Crippen LogP contribution in [0.2, 0.25) is 5.31 Å². The minimum absolute atomic E-state index is 0.0119. The zero-order valence-electron chi connectivity index (χ0n) is 19.0. The molecule has 4 fully saturated rings. The maximum Gasteiger partial charge on any atom is 0.531 e. The first-order chi connectivity index (χ1) is 13.6. The van der Waals surface area contributed by atoms with Gasteiger partial charge < -0.3 is 9.31 Å². The Hall–Kier alpha value is -1.03. The highest BCUT2D eigenvalue weighted by atomic mass is 16.6. The highest BCUT2D eigenvalue weighted by molar-refractivity contribution is 6.49. The molecule has 0 bridgehead atoms. The molecule has 3 saturated carbocycles. The molecule has 0 spiro atoms. The van der Waals surface area contributed by atoms with Gasteiger partial charge in [-0.25, -0.2) is 0 Å². The summed E-state index contributed by atoms with van der Waals surface area (Å²) in [5, 5.41) is 0.0119. The van der Waals surface area contributed by atoms with Crippen molar-refractivity contribution in [2.45, 2.75) is 91.3 Å². The van der Waals surface area contributed by atoms with Crippen molar-refractivity contribution in [1.29, 1.82) is 0 Å². The summed E-state index contributed by atoms with van der Waals surface area (Å²) in [6, 6.07) is 0. The second-order valence-electron chi connectivity index (χ2n) is 12.0. The molecule has 158 valence electrons. The summed E-state index contributed by atoms with van der Waals surface area (Å²) in [6.07, 6.45) is 11.3. The predicted molar refractivity (Wildman–Crippen MR) is 116 cm³/mol. The van der Waals surface area contributed by atoms with Gasteiger partial charge in [-0.3, -0.25) is 4.79 Å². The molecule has 0 radical (unpaired) electrons. The van der Waals surface area contributed by atoms with Crippen LogP contribution in [-0.2, 0) is 14.1 Å². The zero-order valence-corrected chi connectivity index (χ0v) is 19.0. The lowest BCUT2D eigenvalue weighted by Gasteiger charge is -2.57. The molecular weight excluding hydrogens is 359 g/mol. The number of hydrogen-bond acceptors (Lipinski definition) is 3. The molecule has 0 unspecified atom stereocenters. The molecule has 0 amide bonds. The van der Waals surface area contributed by atoms with Gasteiger partial charge in [0, 0.05) is 11.7 Å². The third kappa shape index (κ3) is 2.91. The highest BCUT2D eigenvalue weighted by Gasteiger charge is 2.58. The molecule has 29 heavy (non-hydrogen) atoms. The number of carbonyl (C=O) groups is 1. The molecule has 4 aliphatic carbocycles. The summed E-state index contributed by atoms with van der Waals surface area (Å²) >= 11 is 0.